The minimum absolute atomic E-state index is 0.114. The van der Waals surface area contributed by atoms with Crippen molar-refractivity contribution in [1.82, 2.24) is 0 Å². The van der Waals surface area contributed by atoms with Crippen LogP contribution in [0.2, 0.25) is 0 Å². The van der Waals surface area contributed by atoms with E-state index in [1.807, 2.05) is 0 Å². The van der Waals surface area contributed by atoms with E-state index in [1.54, 1.807) is 25.1 Å². The van der Waals surface area contributed by atoms with Crippen molar-refractivity contribution in [3.05, 3.63) is 53.3 Å². The molecule has 5 heteroatoms. The molecular weight excluding hydrogens is 259 g/mol. The second kappa shape index (κ2) is 5.61. The normalized spacial score (nSPS) is 10.2. The number of nitrogen functional groups attached to an aromatic ring is 1. The van der Waals surface area contributed by atoms with Gasteiger partial charge in [-0.15, -0.1) is 0 Å². The number of halogens is 1. The lowest BCUT2D eigenvalue weighted by molar-refractivity contribution is 0.102. The van der Waals surface area contributed by atoms with E-state index in [2.05, 4.69) is 5.32 Å². The van der Waals surface area contributed by atoms with E-state index < -0.39 is 11.7 Å². The number of rotatable bonds is 3. The molecule has 0 aliphatic rings. The molecule has 0 unspecified atom stereocenters. The number of nitrogens with one attached hydrogen (secondary N) is 1. The van der Waals surface area contributed by atoms with Crippen LogP contribution in [-0.2, 0) is 0 Å². The minimum atomic E-state index is -0.486. The van der Waals surface area contributed by atoms with Crippen LogP contribution < -0.4 is 15.8 Å². The molecule has 1 amide bonds. The van der Waals surface area contributed by atoms with E-state index in [4.69, 9.17) is 10.5 Å². The van der Waals surface area contributed by atoms with Crippen LogP contribution in [0.5, 0.6) is 5.75 Å². The maximum absolute atomic E-state index is 13.7. The third kappa shape index (κ3) is 2.88. The SMILES string of the molecule is COc1ccc(N)c(C(=O)Nc2ccc(C)cc2F)c1. The number of hydrogen-bond donors (Lipinski definition) is 2. The van der Waals surface area contributed by atoms with Crippen LogP contribution in [0, 0.1) is 12.7 Å². The molecule has 0 radical (unpaired) electrons. The van der Waals surface area contributed by atoms with Gasteiger partial charge in [0.05, 0.1) is 18.4 Å². The summed E-state index contributed by atoms with van der Waals surface area (Å²) in [7, 11) is 1.49. The van der Waals surface area contributed by atoms with Gasteiger partial charge in [-0.1, -0.05) is 6.07 Å². The van der Waals surface area contributed by atoms with Gasteiger partial charge in [-0.2, -0.15) is 0 Å². The van der Waals surface area contributed by atoms with Gasteiger partial charge in [0.2, 0.25) is 0 Å². The summed E-state index contributed by atoms with van der Waals surface area (Å²) in [5.74, 6) is -0.460. The van der Waals surface area contributed by atoms with Crippen LogP contribution in [0.4, 0.5) is 15.8 Å². The molecule has 0 spiro atoms. The Balaban J connectivity index is 2.28. The quantitative estimate of drug-likeness (QED) is 0.846. The summed E-state index contributed by atoms with van der Waals surface area (Å²) in [6.45, 7) is 1.77. The Morgan fingerprint density at radius 1 is 1.25 bits per heavy atom. The number of nitrogens with two attached hydrogens (primary N) is 1. The van der Waals surface area contributed by atoms with Gasteiger partial charge in [-0.25, -0.2) is 4.39 Å². The summed E-state index contributed by atoms with van der Waals surface area (Å²) >= 11 is 0. The van der Waals surface area contributed by atoms with Crippen molar-refractivity contribution in [2.75, 3.05) is 18.2 Å². The first kappa shape index (κ1) is 13.9. The molecule has 20 heavy (non-hydrogen) atoms. The predicted molar refractivity (Wildman–Crippen MR) is 76.5 cm³/mol. The molecule has 0 heterocycles. The average Bonchev–Trinajstić information content (AvgIpc) is 2.42. The molecule has 2 aromatic rings. The largest absolute Gasteiger partial charge is 0.497 e. The zero-order valence-corrected chi connectivity index (χ0v) is 11.2. The van der Waals surface area contributed by atoms with E-state index >= 15 is 0 Å². The molecule has 0 aliphatic carbocycles. The Labute approximate surface area is 116 Å². The van der Waals surface area contributed by atoms with Gasteiger partial charge < -0.3 is 15.8 Å². The molecule has 0 atom stereocenters. The molecule has 104 valence electrons. The Kier molecular flexibility index (Phi) is 3.89. The standard InChI is InChI=1S/C15H15FN2O2/c1-9-3-6-14(12(16)7-9)18-15(19)11-8-10(20-2)4-5-13(11)17/h3-8H,17H2,1-2H3,(H,18,19). The predicted octanol–water partition coefficient (Wildman–Crippen LogP) is 2.98. The summed E-state index contributed by atoms with van der Waals surface area (Å²) in [4.78, 5) is 12.1. The third-order valence-electron chi connectivity index (χ3n) is 2.88. The van der Waals surface area contributed by atoms with Gasteiger partial charge in [0.25, 0.3) is 5.91 Å². The zero-order valence-electron chi connectivity index (χ0n) is 11.2. The van der Waals surface area contributed by atoms with Crippen molar-refractivity contribution in [2.24, 2.45) is 0 Å². The van der Waals surface area contributed by atoms with Gasteiger partial charge in [-0.3, -0.25) is 4.79 Å². The van der Waals surface area contributed by atoms with Crippen LogP contribution in [-0.4, -0.2) is 13.0 Å². The maximum atomic E-state index is 13.7. The third-order valence-corrected chi connectivity index (χ3v) is 2.88. The average molecular weight is 274 g/mol. The van der Waals surface area contributed by atoms with Crippen molar-refractivity contribution in [3.8, 4) is 5.75 Å². The number of carbonyl (C=O) groups is 1. The Bertz CT molecular complexity index is 656. The molecule has 3 N–H and O–H groups in total. The summed E-state index contributed by atoms with van der Waals surface area (Å²) in [5.41, 5.74) is 7.19. The molecular formula is C15H15FN2O2. The number of methoxy groups -OCH3 is 1. The number of carbonyl (C=O) groups excluding carboxylic acids is 1. The van der Waals surface area contributed by atoms with E-state index in [0.29, 0.717) is 11.4 Å². The fourth-order valence-corrected chi connectivity index (χ4v) is 1.77. The fourth-order valence-electron chi connectivity index (χ4n) is 1.77. The van der Waals surface area contributed by atoms with Crippen molar-refractivity contribution >= 4 is 17.3 Å². The van der Waals surface area contributed by atoms with Crippen LogP contribution in [0.15, 0.2) is 36.4 Å². The Morgan fingerprint density at radius 3 is 2.65 bits per heavy atom. The summed E-state index contributed by atoms with van der Waals surface area (Å²) in [5, 5.41) is 2.50. The highest BCUT2D eigenvalue weighted by Crippen LogP contribution is 2.22. The molecule has 0 saturated carbocycles. The first-order valence-corrected chi connectivity index (χ1v) is 6.02. The van der Waals surface area contributed by atoms with Crippen LogP contribution in [0.3, 0.4) is 0 Å². The van der Waals surface area contributed by atoms with Crippen LogP contribution >= 0.6 is 0 Å². The van der Waals surface area contributed by atoms with Crippen molar-refractivity contribution in [1.29, 1.82) is 0 Å². The number of aryl methyl sites for hydroxylation is 1. The lowest BCUT2D eigenvalue weighted by Crippen LogP contribution is -2.15. The lowest BCUT2D eigenvalue weighted by Gasteiger charge is -2.10. The van der Waals surface area contributed by atoms with Crippen molar-refractivity contribution in [3.63, 3.8) is 0 Å². The minimum Gasteiger partial charge on any atom is -0.497 e. The molecule has 4 nitrogen and oxygen atoms in total. The molecule has 2 aromatic carbocycles. The smallest absolute Gasteiger partial charge is 0.257 e. The highest BCUT2D eigenvalue weighted by Gasteiger charge is 2.13. The van der Waals surface area contributed by atoms with E-state index in [0.717, 1.165) is 5.56 Å². The Hall–Kier alpha value is -2.56. The molecule has 2 rings (SSSR count). The van der Waals surface area contributed by atoms with E-state index in [-0.39, 0.29) is 11.3 Å². The van der Waals surface area contributed by atoms with E-state index in [9.17, 15) is 9.18 Å². The lowest BCUT2D eigenvalue weighted by atomic mass is 10.1. The summed E-state index contributed by atoms with van der Waals surface area (Å²) in [6, 6.07) is 9.31. The highest BCUT2D eigenvalue weighted by atomic mass is 19.1. The Morgan fingerprint density at radius 2 is 2.00 bits per heavy atom. The summed E-state index contributed by atoms with van der Waals surface area (Å²) < 4.78 is 18.7. The molecule has 0 saturated heterocycles. The fraction of sp³-hybridized carbons (Fsp3) is 0.133. The molecule has 0 fully saturated rings. The van der Waals surface area contributed by atoms with Gasteiger partial charge in [0.15, 0.2) is 0 Å². The molecule has 0 aromatic heterocycles. The van der Waals surface area contributed by atoms with Gasteiger partial charge in [-0.05, 0) is 42.8 Å². The number of anilines is 2. The van der Waals surface area contributed by atoms with Gasteiger partial charge in [0, 0.05) is 5.69 Å². The van der Waals surface area contributed by atoms with Crippen molar-refractivity contribution < 1.29 is 13.9 Å². The van der Waals surface area contributed by atoms with Crippen molar-refractivity contribution in [2.45, 2.75) is 6.92 Å². The first-order valence-electron chi connectivity index (χ1n) is 6.02. The van der Waals surface area contributed by atoms with Gasteiger partial charge in [0.1, 0.15) is 11.6 Å². The maximum Gasteiger partial charge on any atom is 0.257 e. The first-order chi connectivity index (χ1) is 9.51. The number of ether oxygens (including phenoxy) is 1. The van der Waals surface area contributed by atoms with Crippen LogP contribution in [0.1, 0.15) is 15.9 Å². The van der Waals surface area contributed by atoms with E-state index in [1.165, 1.54) is 25.3 Å². The topological polar surface area (TPSA) is 64.3 Å². The second-order valence-corrected chi connectivity index (χ2v) is 4.39. The summed E-state index contributed by atoms with van der Waals surface area (Å²) in [6.07, 6.45) is 0. The van der Waals surface area contributed by atoms with Gasteiger partial charge >= 0.3 is 0 Å². The monoisotopic (exact) mass is 274 g/mol. The second-order valence-electron chi connectivity index (χ2n) is 4.39. The number of amides is 1. The zero-order chi connectivity index (χ0) is 14.7. The van der Waals surface area contributed by atoms with Crippen LogP contribution in [0.25, 0.3) is 0 Å². The molecule has 0 aliphatic heterocycles. The number of benzene rings is 2. The molecule has 0 bridgehead atoms. The number of hydrogen-bond acceptors (Lipinski definition) is 3. The highest BCUT2D eigenvalue weighted by molar-refractivity contribution is 6.08.